The van der Waals surface area contributed by atoms with Crippen LogP contribution in [0, 0.1) is 6.92 Å². The summed E-state index contributed by atoms with van der Waals surface area (Å²) in [6, 6.07) is 7.99. The Balaban J connectivity index is 2.92. The number of nitrogens with zero attached hydrogens (tertiary/aromatic N) is 1. The minimum atomic E-state index is -0.675. The zero-order valence-corrected chi connectivity index (χ0v) is 9.06. The molecule has 0 aliphatic carbocycles. The summed E-state index contributed by atoms with van der Waals surface area (Å²) in [6.45, 7) is 9.88. The largest absolute Gasteiger partial charge is 0.370 e. The first-order valence-corrected chi connectivity index (χ1v) is 4.94. The maximum absolute atomic E-state index is 9.73. The summed E-state index contributed by atoms with van der Waals surface area (Å²) in [5.41, 5.74) is 2.17. The predicted molar refractivity (Wildman–Crippen MR) is 64.9 cm³/mol. The molecule has 1 N–H and O–H groups in total. The van der Waals surface area contributed by atoms with Gasteiger partial charge in [0.1, 0.15) is 6.23 Å². The molecule has 2 nitrogen and oxygen atoms in total. The molecule has 15 heavy (non-hydrogen) atoms. The van der Waals surface area contributed by atoms with Crippen LogP contribution in [0.4, 0.5) is 5.69 Å². The van der Waals surface area contributed by atoms with Crippen LogP contribution in [0.25, 0.3) is 0 Å². The molecule has 0 heterocycles. The van der Waals surface area contributed by atoms with Crippen LogP contribution in [0.1, 0.15) is 5.56 Å². The van der Waals surface area contributed by atoms with Gasteiger partial charge in [0.25, 0.3) is 0 Å². The van der Waals surface area contributed by atoms with Crippen LogP contribution in [-0.4, -0.2) is 17.9 Å². The maximum atomic E-state index is 9.73. The van der Waals surface area contributed by atoms with Crippen molar-refractivity contribution in [3.8, 4) is 0 Å². The molecule has 0 spiro atoms. The van der Waals surface area contributed by atoms with Crippen LogP contribution in [0.5, 0.6) is 0 Å². The van der Waals surface area contributed by atoms with Crippen LogP contribution in [0.3, 0.4) is 0 Å². The Labute approximate surface area is 91.2 Å². The molecule has 0 aliphatic rings. The first-order valence-electron chi connectivity index (χ1n) is 4.94. The maximum Gasteiger partial charge on any atom is 0.146 e. The molecule has 0 amide bonds. The molecule has 0 saturated carbocycles. The highest BCUT2D eigenvalue weighted by atomic mass is 16.3. The normalized spacial score (nSPS) is 11.9. The zero-order valence-electron chi connectivity index (χ0n) is 9.06. The summed E-state index contributed by atoms with van der Waals surface area (Å²) in [5.74, 6) is 0. The lowest BCUT2D eigenvalue weighted by Gasteiger charge is -2.26. The van der Waals surface area contributed by atoms with E-state index in [9.17, 15) is 5.11 Å². The van der Waals surface area contributed by atoms with Crippen LogP contribution in [-0.2, 0) is 0 Å². The number of hydrogen-bond acceptors (Lipinski definition) is 2. The van der Waals surface area contributed by atoms with Gasteiger partial charge in [-0.25, -0.2) is 0 Å². The predicted octanol–water partition coefficient (Wildman–Crippen LogP) is 2.49. The second-order valence-electron chi connectivity index (χ2n) is 3.43. The Hall–Kier alpha value is -1.54. The quantitative estimate of drug-likeness (QED) is 0.587. The molecular weight excluding hydrogens is 186 g/mol. The Kier molecular flexibility index (Phi) is 4.13. The van der Waals surface area contributed by atoms with Gasteiger partial charge in [0.05, 0.1) is 0 Å². The third kappa shape index (κ3) is 2.96. The number of hydrogen-bond donors (Lipinski definition) is 1. The van der Waals surface area contributed by atoms with Crippen molar-refractivity contribution in [3.05, 3.63) is 55.1 Å². The van der Waals surface area contributed by atoms with E-state index in [1.54, 1.807) is 6.08 Å². The smallest absolute Gasteiger partial charge is 0.146 e. The highest BCUT2D eigenvalue weighted by molar-refractivity contribution is 5.49. The number of aliphatic hydroxyl groups excluding tert-OH is 1. The van der Waals surface area contributed by atoms with E-state index in [1.165, 1.54) is 11.6 Å². The second-order valence-corrected chi connectivity index (χ2v) is 3.43. The summed E-state index contributed by atoms with van der Waals surface area (Å²) >= 11 is 0. The van der Waals surface area contributed by atoms with Crippen LogP contribution < -0.4 is 4.90 Å². The lowest BCUT2D eigenvalue weighted by molar-refractivity contribution is 0.220. The van der Waals surface area contributed by atoms with Gasteiger partial charge in [-0.3, -0.25) is 0 Å². The molecule has 1 atom stereocenters. The molecular formula is C13H17NO. The highest BCUT2D eigenvalue weighted by Crippen LogP contribution is 2.17. The average Bonchev–Trinajstić information content (AvgIpc) is 2.26. The first kappa shape index (κ1) is 11.5. The molecule has 0 fully saturated rings. The Morgan fingerprint density at radius 1 is 1.33 bits per heavy atom. The molecule has 0 saturated heterocycles. The molecule has 0 bridgehead atoms. The number of anilines is 1. The lowest BCUT2D eigenvalue weighted by atomic mass is 10.2. The third-order valence-electron chi connectivity index (χ3n) is 2.22. The molecule has 80 valence electrons. The molecule has 0 radical (unpaired) electrons. The van der Waals surface area contributed by atoms with Crippen molar-refractivity contribution >= 4 is 5.69 Å². The van der Waals surface area contributed by atoms with Gasteiger partial charge in [-0.15, -0.1) is 6.58 Å². The van der Waals surface area contributed by atoms with Crippen LogP contribution in [0.15, 0.2) is 49.6 Å². The average molecular weight is 203 g/mol. The number of aryl methyl sites for hydroxylation is 1. The van der Waals surface area contributed by atoms with Gasteiger partial charge in [-0.1, -0.05) is 30.4 Å². The number of aliphatic hydroxyl groups is 1. The fourth-order valence-electron chi connectivity index (χ4n) is 1.37. The molecule has 1 rings (SSSR count). The fraction of sp³-hybridized carbons (Fsp3) is 0.231. The lowest BCUT2D eigenvalue weighted by Crippen LogP contribution is -2.33. The minimum absolute atomic E-state index is 0.593. The summed E-state index contributed by atoms with van der Waals surface area (Å²) in [5, 5.41) is 9.73. The SMILES string of the molecule is C=CCN(c1ccc(C)cc1)C(O)C=C. The van der Waals surface area contributed by atoms with Gasteiger partial charge >= 0.3 is 0 Å². The van der Waals surface area contributed by atoms with Crippen molar-refractivity contribution in [2.75, 3.05) is 11.4 Å². The van der Waals surface area contributed by atoms with Crippen molar-refractivity contribution in [3.63, 3.8) is 0 Å². The van der Waals surface area contributed by atoms with Crippen molar-refractivity contribution in [1.82, 2.24) is 0 Å². The van der Waals surface area contributed by atoms with Crippen molar-refractivity contribution in [2.45, 2.75) is 13.2 Å². The van der Waals surface area contributed by atoms with Crippen LogP contribution in [0.2, 0.25) is 0 Å². The summed E-state index contributed by atoms with van der Waals surface area (Å²) in [4.78, 5) is 1.82. The van der Waals surface area contributed by atoms with Gasteiger partial charge in [-0.2, -0.15) is 0 Å². The van der Waals surface area contributed by atoms with E-state index >= 15 is 0 Å². The molecule has 2 heteroatoms. The molecule has 1 aromatic carbocycles. The summed E-state index contributed by atoms with van der Waals surface area (Å²) in [6.07, 6.45) is 2.58. The molecule has 1 unspecified atom stereocenters. The second kappa shape index (κ2) is 5.37. The monoisotopic (exact) mass is 203 g/mol. The fourth-order valence-corrected chi connectivity index (χ4v) is 1.37. The van der Waals surface area contributed by atoms with E-state index in [1.807, 2.05) is 36.1 Å². The van der Waals surface area contributed by atoms with E-state index in [4.69, 9.17) is 0 Å². The van der Waals surface area contributed by atoms with E-state index < -0.39 is 6.23 Å². The number of rotatable bonds is 5. The first-order chi connectivity index (χ1) is 7.19. The summed E-state index contributed by atoms with van der Waals surface area (Å²) in [7, 11) is 0. The van der Waals surface area contributed by atoms with Crippen molar-refractivity contribution < 1.29 is 5.11 Å². The molecule has 1 aromatic rings. The van der Waals surface area contributed by atoms with E-state index in [0.29, 0.717) is 6.54 Å². The Bertz CT molecular complexity index is 329. The van der Waals surface area contributed by atoms with Gasteiger partial charge in [0.2, 0.25) is 0 Å². The van der Waals surface area contributed by atoms with Crippen molar-refractivity contribution in [2.24, 2.45) is 0 Å². The van der Waals surface area contributed by atoms with E-state index in [-0.39, 0.29) is 0 Å². The molecule has 0 aliphatic heterocycles. The van der Waals surface area contributed by atoms with Gasteiger partial charge < -0.3 is 10.0 Å². The third-order valence-corrected chi connectivity index (χ3v) is 2.22. The van der Waals surface area contributed by atoms with E-state index in [2.05, 4.69) is 13.2 Å². The Morgan fingerprint density at radius 3 is 2.40 bits per heavy atom. The van der Waals surface area contributed by atoms with Gasteiger partial charge in [0.15, 0.2) is 0 Å². The Morgan fingerprint density at radius 2 is 1.93 bits per heavy atom. The van der Waals surface area contributed by atoms with Crippen molar-refractivity contribution in [1.29, 1.82) is 0 Å². The minimum Gasteiger partial charge on any atom is -0.370 e. The van der Waals surface area contributed by atoms with E-state index in [0.717, 1.165) is 5.69 Å². The standard InChI is InChI=1S/C13H17NO/c1-4-10-14(13(15)5-2)12-8-6-11(3)7-9-12/h4-9,13,15H,1-2,10H2,3H3. The molecule has 0 aromatic heterocycles. The summed E-state index contributed by atoms with van der Waals surface area (Å²) < 4.78 is 0. The van der Waals surface area contributed by atoms with Gasteiger partial charge in [0, 0.05) is 12.2 Å². The highest BCUT2D eigenvalue weighted by Gasteiger charge is 2.10. The van der Waals surface area contributed by atoms with Gasteiger partial charge in [-0.05, 0) is 25.1 Å². The number of benzene rings is 1. The zero-order chi connectivity index (χ0) is 11.3. The topological polar surface area (TPSA) is 23.5 Å². The van der Waals surface area contributed by atoms with Crippen LogP contribution >= 0.6 is 0 Å².